The first-order valence-electron chi connectivity index (χ1n) is 7.70. The van der Waals surface area contributed by atoms with E-state index in [0.717, 1.165) is 11.3 Å². The Morgan fingerprint density at radius 1 is 1.41 bits per heavy atom. The van der Waals surface area contributed by atoms with Gasteiger partial charge < -0.3 is 20.1 Å². The van der Waals surface area contributed by atoms with E-state index in [-0.39, 0.29) is 18.7 Å². The molecule has 0 heterocycles. The molecule has 0 fully saturated rings. The second kappa shape index (κ2) is 8.15. The van der Waals surface area contributed by atoms with Crippen molar-refractivity contribution in [2.45, 2.75) is 52.9 Å². The van der Waals surface area contributed by atoms with Crippen molar-refractivity contribution in [1.29, 1.82) is 0 Å². The lowest BCUT2D eigenvalue weighted by atomic mass is 10.1. The number of carbonyl (C=O) groups is 1. The molecule has 22 heavy (non-hydrogen) atoms. The number of hydrogen-bond acceptors (Lipinski definition) is 3. The summed E-state index contributed by atoms with van der Waals surface area (Å²) in [5.74, 6) is 0. The van der Waals surface area contributed by atoms with Gasteiger partial charge in [-0.15, -0.1) is 0 Å². The molecule has 0 unspecified atom stereocenters. The summed E-state index contributed by atoms with van der Waals surface area (Å²) in [6.07, 6.45) is 0.167. The maximum atomic E-state index is 12.3. The molecule has 2 amide bonds. The van der Waals surface area contributed by atoms with Crippen molar-refractivity contribution in [3.05, 3.63) is 29.8 Å². The Morgan fingerprint density at radius 3 is 2.64 bits per heavy atom. The Morgan fingerprint density at radius 2 is 2.09 bits per heavy atom. The zero-order valence-corrected chi connectivity index (χ0v) is 14.2. The summed E-state index contributed by atoms with van der Waals surface area (Å²) in [6.45, 7) is 10.6. The van der Waals surface area contributed by atoms with E-state index < -0.39 is 5.60 Å². The fourth-order valence-corrected chi connectivity index (χ4v) is 2.00. The van der Waals surface area contributed by atoms with Crippen LogP contribution in [0.25, 0.3) is 0 Å². The molecular weight excluding hydrogens is 280 g/mol. The fraction of sp³-hybridized carbons (Fsp3) is 0.588. The van der Waals surface area contributed by atoms with Crippen LogP contribution in [0.3, 0.4) is 0 Å². The largest absolute Gasteiger partial charge is 0.389 e. The second-order valence-corrected chi connectivity index (χ2v) is 6.32. The molecule has 2 N–H and O–H groups in total. The molecule has 0 radical (unpaired) electrons. The van der Waals surface area contributed by atoms with E-state index in [2.05, 4.69) is 5.32 Å². The van der Waals surface area contributed by atoms with Crippen LogP contribution in [0.1, 0.15) is 40.2 Å². The molecule has 124 valence electrons. The summed E-state index contributed by atoms with van der Waals surface area (Å²) in [7, 11) is 0. The highest BCUT2D eigenvalue weighted by Crippen LogP contribution is 2.14. The van der Waals surface area contributed by atoms with Gasteiger partial charge in [-0.05, 0) is 52.3 Å². The molecule has 1 aromatic carbocycles. The van der Waals surface area contributed by atoms with E-state index in [9.17, 15) is 9.90 Å². The first-order chi connectivity index (χ1) is 10.2. The van der Waals surface area contributed by atoms with Crippen LogP contribution in [0.5, 0.6) is 0 Å². The van der Waals surface area contributed by atoms with Gasteiger partial charge in [0.1, 0.15) is 0 Å². The van der Waals surface area contributed by atoms with E-state index in [4.69, 9.17) is 4.74 Å². The number of nitrogens with one attached hydrogen (secondary N) is 1. The molecule has 5 nitrogen and oxygen atoms in total. The Kier molecular flexibility index (Phi) is 6.84. The van der Waals surface area contributed by atoms with Gasteiger partial charge in [-0.1, -0.05) is 12.1 Å². The van der Waals surface area contributed by atoms with E-state index >= 15 is 0 Å². The monoisotopic (exact) mass is 308 g/mol. The average molecular weight is 308 g/mol. The highest BCUT2D eigenvalue weighted by atomic mass is 16.5. The molecular formula is C17H28N2O3. The summed E-state index contributed by atoms with van der Waals surface area (Å²) in [5, 5.41) is 12.7. The third kappa shape index (κ3) is 6.91. The Labute approximate surface area is 133 Å². The molecule has 0 aliphatic carbocycles. The van der Waals surface area contributed by atoms with Gasteiger partial charge in [-0.2, -0.15) is 0 Å². The fourth-order valence-electron chi connectivity index (χ4n) is 2.00. The predicted octanol–water partition coefficient (Wildman–Crippen LogP) is 3.24. The summed E-state index contributed by atoms with van der Waals surface area (Å²) in [5.41, 5.74) is 0.821. The number of aliphatic hydroxyl groups is 1. The number of carbonyl (C=O) groups excluding carboxylic acids is 1. The van der Waals surface area contributed by atoms with Gasteiger partial charge in [-0.3, -0.25) is 0 Å². The summed E-state index contributed by atoms with van der Waals surface area (Å²) in [4.78, 5) is 13.9. The van der Waals surface area contributed by atoms with Crippen LogP contribution >= 0.6 is 0 Å². The first-order valence-corrected chi connectivity index (χ1v) is 7.70. The number of ether oxygens (including phenoxy) is 1. The quantitative estimate of drug-likeness (QED) is 0.813. The molecule has 0 aliphatic heterocycles. The van der Waals surface area contributed by atoms with Gasteiger partial charge in [0.2, 0.25) is 0 Å². The van der Waals surface area contributed by atoms with Crippen molar-refractivity contribution in [2.75, 3.05) is 18.4 Å². The Bertz CT molecular complexity index is 481. The van der Waals surface area contributed by atoms with Gasteiger partial charge in [-0.25, -0.2) is 4.79 Å². The summed E-state index contributed by atoms with van der Waals surface area (Å²) >= 11 is 0. The lowest BCUT2D eigenvalue weighted by Gasteiger charge is -2.28. The topological polar surface area (TPSA) is 61.8 Å². The zero-order valence-electron chi connectivity index (χ0n) is 14.2. The summed E-state index contributed by atoms with van der Waals surface area (Å²) in [6, 6.07) is 7.38. The minimum Gasteiger partial charge on any atom is -0.389 e. The number of amides is 2. The smallest absolute Gasteiger partial charge is 0.321 e. The van der Waals surface area contributed by atoms with Gasteiger partial charge in [0.05, 0.1) is 24.9 Å². The maximum Gasteiger partial charge on any atom is 0.321 e. The van der Waals surface area contributed by atoms with Gasteiger partial charge in [0.15, 0.2) is 0 Å². The first kappa shape index (κ1) is 18.5. The van der Waals surface area contributed by atoms with Crippen molar-refractivity contribution in [2.24, 2.45) is 0 Å². The molecule has 0 saturated carbocycles. The van der Waals surface area contributed by atoms with Crippen LogP contribution < -0.4 is 5.32 Å². The van der Waals surface area contributed by atoms with Gasteiger partial charge >= 0.3 is 6.03 Å². The van der Waals surface area contributed by atoms with Crippen LogP contribution in [0.2, 0.25) is 0 Å². The summed E-state index contributed by atoms with van der Waals surface area (Å²) < 4.78 is 5.57. The van der Waals surface area contributed by atoms with Crippen LogP contribution in [-0.4, -0.2) is 40.8 Å². The van der Waals surface area contributed by atoms with E-state index in [1.54, 1.807) is 18.7 Å². The van der Waals surface area contributed by atoms with Crippen molar-refractivity contribution in [1.82, 2.24) is 4.90 Å². The van der Waals surface area contributed by atoms with Gasteiger partial charge in [0, 0.05) is 12.2 Å². The molecule has 1 aromatic rings. The molecule has 0 saturated heterocycles. The predicted molar refractivity (Wildman–Crippen MR) is 88.9 cm³/mol. The van der Waals surface area contributed by atoms with E-state index in [1.165, 1.54) is 0 Å². The van der Waals surface area contributed by atoms with Crippen LogP contribution in [-0.2, 0) is 11.3 Å². The van der Waals surface area contributed by atoms with Crippen LogP contribution in [0.15, 0.2) is 24.3 Å². The van der Waals surface area contributed by atoms with Crippen LogP contribution in [0, 0.1) is 0 Å². The minimum absolute atomic E-state index is 0.167. The van der Waals surface area contributed by atoms with Crippen molar-refractivity contribution < 1.29 is 14.6 Å². The Balaban J connectivity index is 2.68. The molecule has 1 rings (SSSR count). The standard InChI is InChI=1S/C17H28N2O3/c1-6-19(12-17(4,5)21)16(20)18-15-9-7-8-14(10-15)11-22-13(2)3/h7-10,13,21H,6,11-12H2,1-5H3,(H,18,20). The molecule has 0 atom stereocenters. The maximum absolute atomic E-state index is 12.3. The number of urea groups is 1. The molecule has 0 bridgehead atoms. The van der Waals surface area contributed by atoms with E-state index in [0.29, 0.717) is 13.2 Å². The zero-order chi connectivity index (χ0) is 16.8. The lowest BCUT2D eigenvalue weighted by molar-refractivity contribution is 0.0501. The minimum atomic E-state index is -0.916. The van der Waals surface area contributed by atoms with Crippen molar-refractivity contribution in [3.63, 3.8) is 0 Å². The Hall–Kier alpha value is -1.59. The number of rotatable bonds is 7. The SMILES string of the molecule is CCN(CC(C)(C)O)C(=O)Nc1cccc(COC(C)C)c1. The lowest BCUT2D eigenvalue weighted by Crippen LogP contribution is -2.44. The van der Waals surface area contributed by atoms with Crippen molar-refractivity contribution >= 4 is 11.7 Å². The molecule has 0 aliphatic rings. The second-order valence-electron chi connectivity index (χ2n) is 6.32. The van der Waals surface area contributed by atoms with Gasteiger partial charge in [0.25, 0.3) is 0 Å². The number of benzene rings is 1. The third-order valence-corrected chi connectivity index (χ3v) is 3.01. The van der Waals surface area contributed by atoms with Crippen LogP contribution in [0.4, 0.5) is 10.5 Å². The van der Waals surface area contributed by atoms with E-state index in [1.807, 2.05) is 45.0 Å². The molecule has 0 spiro atoms. The molecule has 0 aromatic heterocycles. The highest BCUT2D eigenvalue weighted by molar-refractivity contribution is 5.89. The molecule has 5 heteroatoms. The average Bonchev–Trinajstić information content (AvgIpc) is 2.42. The number of anilines is 1. The number of likely N-dealkylation sites (N-methyl/N-ethyl adjacent to an activating group) is 1. The number of nitrogens with zero attached hydrogens (tertiary/aromatic N) is 1. The highest BCUT2D eigenvalue weighted by Gasteiger charge is 2.21. The van der Waals surface area contributed by atoms with Crippen molar-refractivity contribution in [3.8, 4) is 0 Å². The normalized spacial score (nSPS) is 11.6. The number of hydrogen-bond donors (Lipinski definition) is 2. The third-order valence-electron chi connectivity index (χ3n) is 3.01.